The van der Waals surface area contributed by atoms with Crippen LogP contribution in [-0.4, -0.2) is 35.1 Å². The molecular formula is C13H20N4. The van der Waals surface area contributed by atoms with Crippen LogP contribution in [0.1, 0.15) is 12.8 Å². The van der Waals surface area contributed by atoms with Crippen LogP contribution in [-0.2, 0) is 6.54 Å². The van der Waals surface area contributed by atoms with Crippen LogP contribution in [0.4, 0.5) is 5.69 Å². The summed E-state index contributed by atoms with van der Waals surface area (Å²) >= 11 is 0. The number of nitrogen functional groups attached to an aromatic ring is 1. The summed E-state index contributed by atoms with van der Waals surface area (Å²) in [5.74, 6) is 0. The van der Waals surface area contributed by atoms with E-state index in [2.05, 4.69) is 28.5 Å². The smallest absolute Gasteiger partial charge is 0.0958 e. The first-order valence-electron chi connectivity index (χ1n) is 6.02. The third kappa shape index (κ3) is 2.97. The van der Waals surface area contributed by atoms with E-state index < -0.39 is 0 Å². The molecular weight excluding hydrogens is 212 g/mol. The first-order valence-corrected chi connectivity index (χ1v) is 6.02. The molecule has 0 saturated heterocycles. The molecule has 2 aromatic rings. The molecule has 0 unspecified atom stereocenters. The van der Waals surface area contributed by atoms with Crippen LogP contribution in [0, 0.1) is 0 Å². The van der Waals surface area contributed by atoms with E-state index in [1.54, 1.807) is 0 Å². The zero-order chi connectivity index (χ0) is 12.3. The van der Waals surface area contributed by atoms with Crippen molar-refractivity contribution < 1.29 is 0 Å². The van der Waals surface area contributed by atoms with Gasteiger partial charge in [-0.1, -0.05) is 0 Å². The minimum Gasteiger partial charge on any atom is -0.399 e. The lowest BCUT2D eigenvalue weighted by atomic mass is 10.2. The molecule has 0 spiro atoms. The van der Waals surface area contributed by atoms with Gasteiger partial charge in [-0.3, -0.25) is 0 Å². The Bertz CT molecular complexity index is 487. The molecule has 4 heteroatoms. The van der Waals surface area contributed by atoms with Crippen LogP contribution in [0.25, 0.3) is 11.0 Å². The lowest BCUT2D eigenvalue weighted by molar-refractivity contribution is 0.388. The van der Waals surface area contributed by atoms with E-state index in [0.29, 0.717) is 0 Å². The van der Waals surface area contributed by atoms with Crippen molar-refractivity contribution >= 4 is 16.7 Å². The van der Waals surface area contributed by atoms with Gasteiger partial charge in [0, 0.05) is 12.2 Å². The molecule has 0 saturated carbocycles. The van der Waals surface area contributed by atoms with E-state index in [9.17, 15) is 0 Å². The molecule has 1 aromatic carbocycles. The Labute approximate surface area is 102 Å². The Morgan fingerprint density at radius 2 is 2.12 bits per heavy atom. The maximum atomic E-state index is 5.73. The molecule has 2 rings (SSSR count). The molecule has 4 nitrogen and oxygen atoms in total. The van der Waals surface area contributed by atoms with Gasteiger partial charge in [-0.15, -0.1) is 0 Å². The number of imidazole rings is 1. The van der Waals surface area contributed by atoms with Crippen molar-refractivity contribution in [3.05, 3.63) is 24.5 Å². The number of aromatic nitrogens is 2. The molecule has 0 bridgehead atoms. The first kappa shape index (κ1) is 11.9. The summed E-state index contributed by atoms with van der Waals surface area (Å²) in [7, 11) is 4.21. The number of unbranched alkanes of at least 4 members (excludes halogenated alkanes) is 1. The fourth-order valence-corrected chi connectivity index (χ4v) is 1.97. The van der Waals surface area contributed by atoms with Crippen LogP contribution in [0.2, 0.25) is 0 Å². The average molecular weight is 232 g/mol. The number of anilines is 1. The number of nitrogens with zero attached hydrogens (tertiary/aromatic N) is 3. The third-order valence-electron chi connectivity index (χ3n) is 2.90. The summed E-state index contributed by atoms with van der Waals surface area (Å²) in [5, 5.41) is 0. The SMILES string of the molecule is CN(C)CCCCn1cnc2cc(N)ccc21. The van der Waals surface area contributed by atoms with Crippen LogP contribution in [0.3, 0.4) is 0 Å². The number of rotatable bonds is 5. The van der Waals surface area contributed by atoms with Crippen molar-refractivity contribution in [2.75, 3.05) is 26.4 Å². The van der Waals surface area contributed by atoms with Gasteiger partial charge in [-0.05, 0) is 51.7 Å². The molecule has 92 valence electrons. The van der Waals surface area contributed by atoms with Crippen molar-refractivity contribution in [1.82, 2.24) is 14.5 Å². The maximum Gasteiger partial charge on any atom is 0.0958 e. The van der Waals surface area contributed by atoms with Crippen molar-refractivity contribution in [2.45, 2.75) is 19.4 Å². The molecule has 1 aromatic heterocycles. The third-order valence-corrected chi connectivity index (χ3v) is 2.90. The number of aryl methyl sites for hydroxylation is 1. The Balaban J connectivity index is 1.99. The molecule has 17 heavy (non-hydrogen) atoms. The summed E-state index contributed by atoms with van der Waals surface area (Å²) in [4.78, 5) is 6.58. The van der Waals surface area contributed by atoms with Gasteiger partial charge in [0.25, 0.3) is 0 Å². The lowest BCUT2D eigenvalue weighted by Crippen LogP contribution is -2.13. The highest BCUT2D eigenvalue weighted by atomic mass is 15.1. The quantitative estimate of drug-likeness (QED) is 0.633. The van der Waals surface area contributed by atoms with Gasteiger partial charge < -0.3 is 15.2 Å². The normalized spacial score (nSPS) is 11.5. The predicted molar refractivity (Wildman–Crippen MR) is 71.9 cm³/mol. The van der Waals surface area contributed by atoms with Gasteiger partial charge in [-0.25, -0.2) is 4.98 Å². The summed E-state index contributed by atoms with van der Waals surface area (Å²) in [6.45, 7) is 2.16. The highest BCUT2D eigenvalue weighted by molar-refractivity contribution is 5.78. The maximum absolute atomic E-state index is 5.73. The van der Waals surface area contributed by atoms with Gasteiger partial charge in [0.1, 0.15) is 0 Å². The second-order valence-electron chi connectivity index (χ2n) is 4.70. The van der Waals surface area contributed by atoms with E-state index in [1.807, 2.05) is 24.5 Å². The van der Waals surface area contributed by atoms with Crippen molar-refractivity contribution in [1.29, 1.82) is 0 Å². The minimum absolute atomic E-state index is 0.773. The van der Waals surface area contributed by atoms with Crippen molar-refractivity contribution in [3.8, 4) is 0 Å². The summed E-state index contributed by atoms with van der Waals surface area (Å²) < 4.78 is 2.20. The summed E-state index contributed by atoms with van der Waals surface area (Å²) in [5.41, 5.74) is 8.66. The van der Waals surface area contributed by atoms with Gasteiger partial charge in [0.05, 0.1) is 17.4 Å². The number of nitrogens with two attached hydrogens (primary N) is 1. The largest absolute Gasteiger partial charge is 0.399 e. The van der Waals surface area contributed by atoms with Crippen LogP contribution in [0.15, 0.2) is 24.5 Å². The highest BCUT2D eigenvalue weighted by Crippen LogP contribution is 2.16. The summed E-state index contributed by atoms with van der Waals surface area (Å²) in [6.07, 6.45) is 4.29. The molecule has 0 radical (unpaired) electrons. The van der Waals surface area contributed by atoms with Crippen LogP contribution in [0.5, 0.6) is 0 Å². The Morgan fingerprint density at radius 1 is 1.29 bits per heavy atom. The minimum atomic E-state index is 0.773. The monoisotopic (exact) mass is 232 g/mol. The van der Waals surface area contributed by atoms with E-state index >= 15 is 0 Å². The average Bonchev–Trinajstić information content (AvgIpc) is 2.66. The van der Waals surface area contributed by atoms with Gasteiger partial charge in [0.2, 0.25) is 0 Å². The second kappa shape index (κ2) is 5.19. The Hall–Kier alpha value is -1.55. The molecule has 1 heterocycles. The molecule has 0 fully saturated rings. The molecule has 0 aliphatic rings. The van der Waals surface area contributed by atoms with E-state index in [4.69, 9.17) is 5.73 Å². The second-order valence-corrected chi connectivity index (χ2v) is 4.70. The van der Waals surface area contributed by atoms with E-state index in [1.165, 1.54) is 18.4 Å². The zero-order valence-electron chi connectivity index (χ0n) is 10.6. The molecule has 0 atom stereocenters. The Kier molecular flexibility index (Phi) is 3.64. The summed E-state index contributed by atoms with van der Waals surface area (Å²) in [6, 6.07) is 5.90. The molecule has 2 N–H and O–H groups in total. The number of fused-ring (bicyclic) bond motifs is 1. The lowest BCUT2D eigenvalue weighted by Gasteiger charge is -2.09. The van der Waals surface area contributed by atoms with E-state index in [-0.39, 0.29) is 0 Å². The Morgan fingerprint density at radius 3 is 2.88 bits per heavy atom. The standard InChI is InChI=1S/C13H20N4/c1-16(2)7-3-4-8-17-10-15-12-9-11(14)5-6-13(12)17/h5-6,9-10H,3-4,7-8,14H2,1-2H3. The predicted octanol–water partition coefficient (Wildman–Crippen LogP) is 1.96. The molecule has 0 aliphatic heterocycles. The fourth-order valence-electron chi connectivity index (χ4n) is 1.97. The van der Waals surface area contributed by atoms with Crippen molar-refractivity contribution in [3.63, 3.8) is 0 Å². The van der Waals surface area contributed by atoms with E-state index in [0.717, 1.165) is 24.3 Å². The molecule has 0 amide bonds. The fraction of sp³-hybridized carbons (Fsp3) is 0.462. The van der Waals surface area contributed by atoms with Gasteiger partial charge in [0.15, 0.2) is 0 Å². The van der Waals surface area contributed by atoms with Gasteiger partial charge >= 0.3 is 0 Å². The van der Waals surface area contributed by atoms with Crippen LogP contribution < -0.4 is 5.73 Å². The number of hydrogen-bond donors (Lipinski definition) is 1. The van der Waals surface area contributed by atoms with Gasteiger partial charge in [-0.2, -0.15) is 0 Å². The number of benzene rings is 1. The number of hydrogen-bond acceptors (Lipinski definition) is 3. The zero-order valence-corrected chi connectivity index (χ0v) is 10.6. The first-order chi connectivity index (χ1) is 8.16. The topological polar surface area (TPSA) is 47.1 Å². The van der Waals surface area contributed by atoms with Crippen LogP contribution >= 0.6 is 0 Å². The molecule has 0 aliphatic carbocycles. The van der Waals surface area contributed by atoms with Crippen molar-refractivity contribution in [2.24, 2.45) is 0 Å². The highest BCUT2D eigenvalue weighted by Gasteiger charge is 2.02.